The lowest BCUT2D eigenvalue weighted by atomic mass is 9.84. The normalized spacial score (nSPS) is 29.5. The van der Waals surface area contributed by atoms with Crippen LogP contribution in [0.3, 0.4) is 0 Å². The first-order valence-corrected chi connectivity index (χ1v) is 7.98. The second-order valence-electron chi connectivity index (χ2n) is 7.02. The summed E-state index contributed by atoms with van der Waals surface area (Å²) in [6, 6.07) is 0. The molecular formula is C16H28N2O2. The predicted molar refractivity (Wildman–Crippen MR) is 79.2 cm³/mol. The van der Waals surface area contributed by atoms with Crippen molar-refractivity contribution in [3.05, 3.63) is 0 Å². The van der Waals surface area contributed by atoms with Gasteiger partial charge in [-0.15, -0.1) is 0 Å². The van der Waals surface area contributed by atoms with Crippen molar-refractivity contribution in [3.63, 3.8) is 0 Å². The minimum atomic E-state index is -0.768. The molecule has 0 aromatic carbocycles. The van der Waals surface area contributed by atoms with Crippen LogP contribution in [-0.2, 0) is 9.59 Å². The first-order chi connectivity index (χ1) is 9.34. The zero-order valence-corrected chi connectivity index (χ0v) is 13.3. The van der Waals surface area contributed by atoms with Crippen LogP contribution in [0.15, 0.2) is 0 Å². The number of hydrogen-bond donors (Lipinski definition) is 1. The van der Waals surface area contributed by atoms with E-state index in [2.05, 4.69) is 12.2 Å². The molecule has 1 atom stereocenters. The smallest absolute Gasteiger partial charge is 0.248 e. The van der Waals surface area contributed by atoms with E-state index in [1.165, 1.54) is 12.8 Å². The average molecular weight is 280 g/mol. The van der Waals surface area contributed by atoms with Crippen LogP contribution in [0.4, 0.5) is 0 Å². The Hall–Kier alpha value is -1.06. The summed E-state index contributed by atoms with van der Waals surface area (Å²) >= 11 is 0. The molecule has 0 aromatic rings. The number of carbonyl (C=O) groups is 2. The Labute approximate surface area is 122 Å². The van der Waals surface area contributed by atoms with E-state index in [0.717, 1.165) is 25.7 Å². The first kappa shape index (κ1) is 15.3. The Morgan fingerprint density at radius 2 is 1.80 bits per heavy atom. The third-order valence-electron chi connectivity index (χ3n) is 4.83. The second kappa shape index (κ2) is 5.38. The summed E-state index contributed by atoms with van der Waals surface area (Å²) < 4.78 is 0. The quantitative estimate of drug-likeness (QED) is 0.760. The second-order valence-corrected chi connectivity index (χ2v) is 7.02. The molecule has 0 bridgehead atoms. The highest BCUT2D eigenvalue weighted by Gasteiger charge is 2.58. The van der Waals surface area contributed by atoms with Gasteiger partial charge in [-0.3, -0.25) is 9.59 Å². The van der Waals surface area contributed by atoms with Crippen LogP contribution in [0, 0.1) is 5.92 Å². The van der Waals surface area contributed by atoms with Crippen molar-refractivity contribution in [1.29, 1.82) is 0 Å². The van der Waals surface area contributed by atoms with Crippen molar-refractivity contribution in [2.75, 3.05) is 6.54 Å². The molecule has 1 heterocycles. The summed E-state index contributed by atoms with van der Waals surface area (Å²) in [4.78, 5) is 27.1. The van der Waals surface area contributed by atoms with Gasteiger partial charge in [0.05, 0.1) is 0 Å². The SMILES string of the molecule is CCCCCCN1C(=O)C(C)(C)NC(=O)C1(C)C1CC1. The Morgan fingerprint density at radius 3 is 2.35 bits per heavy atom. The highest BCUT2D eigenvalue weighted by atomic mass is 16.2. The Kier molecular flexibility index (Phi) is 4.12. The van der Waals surface area contributed by atoms with E-state index in [1.54, 1.807) is 13.8 Å². The molecule has 4 heteroatoms. The number of piperazine rings is 1. The minimum absolute atomic E-state index is 0.0279. The fourth-order valence-electron chi connectivity index (χ4n) is 3.22. The van der Waals surface area contributed by atoms with Crippen molar-refractivity contribution in [2.45, 2.75) is 77.3 Å². The van der Waals surface area contributed by atoms with Gasteiger partial charge < -0.3 is 10.2 Å². The lowest BCUT2D eigenvalue weighted by molar-refractivity contribution is -0.162. The number of carbonyl (C=O) groups excluding carboxylic acids is 2. The number of amides is 2. The molecule has 2 amide bonds. The van der Waals surface area contributed by atoms with Gasteiger partial charge in [-0.05, 0) is 46.0 Å². The lowest BCUT2D eigenvalue weighted by Crippen LogP contribution is -2.74. The number of rotatable bonds is 6. The minimum Gasteiger partial charge on any atom is -0.340 e. The van der Waals surface area contributed by atoms with Crippen molar-refractivity contribution < 1.29 is 9.59 Å². The van der Waals surface area contributed by atoms with E-state index in [9.17, 15) is 9.59 Å². The van der Waals surface area contributed by atoms with Gasteiger partial charge in [0, 0.05) is 6.54 Å². The van der Waals surface area contributed by atoms with Crippen molar-refractivity contribution in [2.24, 2.45) is 5.92 Å². The van der Waals surface area contributed by atoms with Crippen LogP contribution < -0.4 is 5.32 Å². The molecule has 20 heavy (non-hydrogen) atoms. The van der Waals surface area contributed by atoms with E-state index < -0.39 is 11.1 Å². The molecule has 2 fully saturated rings. The van der Waals surface area contributed by atoms with Gasteiger partial charge in [-0.2, -0.15) is 0 Å². The zero-order chi connectivity index (χ0) is 15.0. The highest BCUT2D eigenvalue weighted by Crippen LogP contribution is 2.45. The summed E-state index contributed by atoms with van der Waals surface area (Å²) in [7, 11) is 0. The average Bonchev–Trinajstić information content (AvgIpc) is 3.20. The van der Waals surface area contributed by atoms with Gasteiger partial charge in [0.25, 0.3) is 0 Å². The van der Waals surface area contributed by atoms with Gasteiger partial charge in [-0.1, -0.05) is 26.2 Å². The largest absolute Gasteiger partial charge is 0.340 e. The lowest BCUT2D eigenvalue weighted by Gasteiger charge is -2.49. The van der Waals surface area contributed by atoms with Crippen molar-refractivity contribution >= 4 is 11.8 Å². The molecule has 2 rings (SSSR count). The molecule has 114 valence electrons. The summed E-state index contributed by atoms with van der Waals surface area (Å²) in [6.07, 6.45) is 6.61. The van der Waals surface area contributed by atoms with Gasteiger partial charge in [0.1, 0.15) is 11.1 Å². The molecule has 0 spiro atoms. The van der Waals surface area contributed by atoms with Crippen LogP contribution in [-0.4, -0.2) is 34.3 Å². The van der Waals surface area contributed by atoms with Gasteiger partial charge in [-0.25, -0.2) is 0 Å². The standard InChI is InChI=1S/C16H28N2O2/c1-5-6-7-8-11-18-14(20)15(2,3)17-13(19)16(18,4)12-9-10-12/h12H,5-11H2,1-4H3,(H,17,19). The van der Waals surface area contributed by atoms with Crippen LogP contribution in [0.1, 0.15) is 66.2 Å². The fraction of sp³-hybridized carbons (Fsp3) is 0.875. The van der Waals surface area contributed by atoms with Crippen molar-refractivity contribution in [1.82, 2.24) is 10.2 Å². The summed E-state index contributed by atoms with van der Waals surface area (Å²) in [5, 5.41) is 2.92. The molecule has 0 radical (unpaired) electrons. The van der Waals surface area contributed by atoms with E-state index in [4.69, 9.17) is 0 Å². The van der Waals surface area contributed by atoms with Crippen LogP contribution in [0.5, 0.6) is 0 Å². The number of nitrogens with one attached hydrogen (secondary N) is 1. The molecule has 1 unspecified atom stereocenters. The molecule has 1 aliphatic heterocycles. The first-order valence-electron chi connectivity index (χ1n) is 7.98. The molecular weight excluding hydrogens is 252 g/mol. The number of hydrogen-bond acceptors (Lipinski definition) is 2. The third-order valence-corrected chi connectivity index (χ3v) is 4.83. The molecule has 1 aliphatic carbocycles. The fourth-order valence-corrected chi connectivity index (χ4v) is 3.22. The molecule has 4 nitrogen and oxygen atoms in total. The number of nitrogens with zero attached hydrogens (tertiary/aromatic N) is 1. The molecule has 2 aliphatic rings. The molecule has 1 N–H and O–H groups in total. The maximum absolute atomic E-state index is 12.7. The highest BCUT2D eigenvalue weighted by molar-refractivity contribution is 6.02. The number of unbranched alkanes of at least 4 members (excludes halogenated alkanes) is 3. The zero-order valence-electron chi connectivity index (χ0n) is 13.3. The summed E-state index contributed by atoms with van der Waals surface area (Å²) in [5.41, 5.74) is -1.39. The van der Waals surface area contributed by atoms with Gasteiger partial charge in [0.15, 0.2) is 0 Å². The summed E-state index contributed by atoms with van der Waals surface area (Å²) in [6.45, 7) is 8.45. The van der Waals surface area contributed by atoms with E-state index in [-0.39, 0.29) is 11.8 Å². The van der Waals surface area contributed by atoms with Gasteiger partial charge >= 0.3 is 0 Å². The Balaban J connectivity index is 2.15. The monoisotopic (exact) mass is 280 g/mol. The third kappa shape index (κ3) is 2.57. The van der Waals surface area contributed by atoms with Crippen molar-refractivity contribution in [3.8, 4) is 0 Å². The Bertz CT molecular complexity index is 401. The topological polar surface area (TPSA) is 49.4 Å². The van der Waals surface area contributed by atoms with Crippen LogP contribution in [0.2, 0.25) is 0 Å². The van der Waals surface area contributed by atoms with Gasteiger partial charge in [0.2, 0.25) is 11.8 Å². The van der Waals surface area contributed by atoms with Crippen LogP contribution >= 0.6 is 0 Å². The van der Waals surface area contributed by atoms with E-state index >= 15 is 0 Å². The predicted octanol–water partition coefficient (Wildman–Crippen LogP) is 2.47. The van der Waals surface area contributed by atoms with E-state index in [1.807, 2.05) is 11.8 Å². The van der Waals surface area contributed by atoms with E-state index in [0.29, 0.717) is 12.5 Å². The molecule has 0 aromatic heterocycles. The summed E-state index contributed by atoms with van der Waals surface area (Å²) in [5.74, 6) is 0.441. The molecule has 1 saturated heterocycles. The maximum atomic E-state index is 12.7. The Morgan fingerprint density at radius 1 is 1.15 bits per heavy atom. The van der Waals surface area contributed by atoms with Crippen LogP contribution in [0.25, 0.3) is 0 Å². The maximum Gasteiger partial charge on any atom is 0.248 e. The molecule has 1 saturated carbocycles.